The highest BCUT2D eigenvalue weighted by atomic mass is 19.3. The molecule has 134 valence electrons. The molecule has 25 heavy (non-hydrogen) atoms. The zero-order chi connectivity index (χ0) is 18.4. The van der Waals surface area contributed by atoms with Gasteiger partial charge < -0.3 is 15.0 Å². The van der Waals surface area contributed by atoms with E-state index in [4.69, 9.17) is 0 Å². The molecule has 0 atom stereocenters. The van der Waals surface area contributed by atoms with Gasteiger partial charge >= 0.3 is 6.61 Å². The van der Waals surface area contributed by atoms with E-state index in [1.54, 1.807) is 23.1 Å². The maximum absolute atomic E-state index is 13.1. The summed E-state index contributed by atoms with van der Waals surface area (Å²) < 4.78 is 42.3. The maximum atomic E-state index is 13.1. The van der Waals surface area contributed by atoms with E-state index in [2.05, 4.69) is 10.1 Å². The van der Waals surface area contributed by atoms with Crippen molar-refractivity contribution in [2.75, 3.05) is 16.8 Å². The van der Waals surface area contributed by atoms with E-state index in [1.807, 2.05) is 13.8 Å². The minimum atomic E-state index is -2.98. The molecule has 4 nitrogen and oxygen atoms in total. The smallest absolute Gasteiger partial charge is 0.387 e. The van der Waals surface area contributed by atoms with Gasteiger partial charge in [-0.1, -0.05) is 12.1 Å². The Kier molecular flexibility index (Phi) is 6.27. The van der Waals surface area contributed by atoms with Gasteiger partial charge in [0, 0.05) is 11.7 Å². The molecule has 0 aliphatic rings. The molecular weight excluding hydrogens is 333 g/mol. The van der Waals surface area contributed by atoms with Gasteiger partial charge in [0.05, 0.1) is 12.2 Å². The third-order valence-corrected chi connectivity index (χ3v) is 3.47. The summed E-state index contributed by atoms with van der Waals surface area (Å²) in [7, 11) is 0. The van der Waals surface area contributed by atoms with Crippen LogP contribution in [0, 0.1) is 5.82 Å². The molecule has 0 radical (unpaired) electrons. The molecule has 0 spiro atoms. The lowest BCUT2D eigenvalue weighted by molar-refractivity contribution is -0.115. The van der Waals surface area contributed by atoms with Crippen LogP contribution >= 0.6 is 0 Å². The topological polar surface area (TPSA) is 41.6 Å². The number of ether oxygens (including phenoxy) is 1. The highest BCUT2D eigenvalue weighted by Gasteiger charge is 2.17. The summed E-state index contributed by atoms with van der Waals surface area (Å²) in [5.41, 5.74) is 0.847. The van der Waals surface area contributed by atoms with Crippen LogP contribution in [0.2, 0.25) is 0 Å². The van der Waals surface area contributed by atoms with Gasteiger partial charge in [-0.2, -0.15) is 8.78 Å². The van der Waals surface area contributed by atoms with Gasteiger partial charge in [0.2, 0.25) is 5.91 Å². The zero-order valence-corrected chi connectivity index (χ0v) is 13.9. The number of amides is 1. The van der Waals surface area contributed by atoms with Crippen molar-refractivity contribution in [1.82, 2.24) is 0 Å². The number of nitrogens with zero attached hydrogens (tertiary/aromatic N) is 1. The first-order valence-corrected chi connectivity index (χ1v) is 7.72. The van der Waals surface area contributed by atoms with Gasteiger partial charge in [-0.3, -0.25) is 4.79 Å². The number of halogens is 3. The molecule has 0 saturated heterocycles. The molecule has 2 aromatic rings. The molecule has 7 heteroatoms. The number of anilines is 2. The van der Waals surface area contributed by atoms with Crippen LogP contribution in [-0.4, -0.2) is 25.1 Å². The van der Waals surface area contributed by atoms with Crippen molar-refractivity contribution in [3.05, 3.63) is 54.3 Å². The Morgan fingerprint density at radius 2 is 1.76 bits per heavy atom. The van der Waals surface area contributed by atoms with E-state index in [1.165, 1.54) is 30.3 Å². The Hall–Kier alpha value is -2.70. The summed E-state index contributed by atoms with van der Waals surface area (Å²) in [4.78, 5) is 14.1. The number of para-hydroxylation sites is 2. The monoisotopic (exact) mass is 352 g/mol. The fourth-order valence-electron chi connectivity index (χ4n) is 2.32. The zero-order valence-electron chi connectivity index (χ0n) is 13.9. The summed E-state index contributed by atoms with van der Waals surface area (Å²) in [6.07, 6.45) is 0. The second-order valence-electron chi connectivity index (χ2n) is 5.62. The van der Waals surface area contributed by atoms with Crippen molar-refractivity contribution < 1.29 is 22.7 Å². The van der Waals surface area contributed by atoms with Crippen LogP contribution in [0.5, 0.6) is 5.75 Å². The molecule has 0 heterocycles. The number of nitrogens with one attached hydrogen (secondary N) is 1. The van der Waals surface area contributed by atoms with Crippen LogP contribution < -0.4 is 15.0 Å². The van der Waals surface area contributed by atoms with E-state index in [9.17, 15) is 18.0 Å². The molecule has 0 aliphatic carbocycles. The largest absolute Gasteiger partial charge is 0.433 e. The second-order valence-corrected chi connectivity index (χ2v) is 5.62. The summed E-state index contributed by atoms with van der Waals surface area (Å²) in [5, 5.41) is 2.57. The van der Waals surface area contributed by atoms with E-state index in [0.29, 0.717) is 5.69 Å². The maximum Gasteiger partial charge on any atom is 0.387 e. The lowest BCUT2D eigenvalue weighted by Gasteiger charge is -2.28. The predicted octanol–water partition coefficient (Wildman–Crippen LogP) is 4.28. The summed E-state index contributed by atoms with van der Waals surface area (Å²) >= 11 is 0. The molecule has 0 aliphatic heterocycles. The number of hydrogen-bond acceptors (Lipinski definition) is 3. The van der Waals surface area contributed by atoms with Gasteiger partial charge in [0.25, 0.3) is 0 Å². The van der Waals surface area contributed by atoms with Gasteiger partial charge in [0.15, 0.2) is 0 Å². The second kappa shape index (κ2) is 8.41. The quantitative estimate of drug-likeness (QED) is 0.809. The van der Waals surface area contributed by atoms with E-state index >= 15 is 0 Å². The normalized spacial score (nSPS) is 10.8. The predicted molar refractivity (Wildman–Crippen MR) is 90.6 cm³/mol. The molecule has 0 fully saturated rings. The van der Waals surface area contributed by atoms with Crippen molar-refractivity contribution >= 4 is 17.3 Å². The van der Waals surface area contributed by atoms with Crippen molar-refractivity contribution in [1.29, 1.82) is 0 Å². The number of rotatable bonds is 7. The Balaban J connectivity index is 2.11. The molecule has 1 N–H and O–H groups in total. The number of alkyl halides is 2. The summed E-state index contributed by atoms with van der Waals surface area (Å²) in [6.45, 7) is 0.783. The lowest BCUT2D eigenvalue weighted by atomic mass is 10.2. The standard InChI is InChI=1S/C18H19F3N2O2/c1-12(2)23(14-9-7-13(19)8-10-14)11-17(24)22-15-5-3-4-6-16(15)25-18(20)21/h3-10,12,18H,11H2,1-2H3,(H,22,24). The van der Waals surface area contributed by atoms with Gasteiger partial charge in [-0.25, -0.2) is 4.39 Å². The van der Waals surface area contributed by atoms with Crippen LogP contribution in [0.3, 0.4) is 0 Å². The van der Waals surface area contributed by atoms with Crippen LogP contribution in [0.25, 0.3) is 0 Å². The van der Waals surface area contributed by atoms with Crippen molar-refractivity contribution in [2.24, 2.45) is 0 Å². The first-order valence-electron chi connectivity index (χ1n) is 7.72. The molecule has 2 rings (SSSR count). The van der Waals surface area contributed by atoms with Crippen molar-refractivity contribution in [2.45, 2.75) is 26.5 Å². The third-order valence-electron chi connectivity index (χ3n) is 3.47. The van der Waals surface area contributed by atoms with Crippen molar-refractivity contribution in [3.63, 3.8) is 0 Å². The Morgan fingerprint density at radius 3 is 2.36 bits per heavy atom. The average Bonchev–Trinajstić information content (AvgIpc) is 2.55. The van der Waals surface area contributed by atoms with E-state index < -0.39 is 12.5 Å². The first kappa shape index (κ1) is 18.6. The molecule has 0 saturated carbocycles. The highest BCUT2D eigenvalue weighted by Crippen LogP contribution is 2.26. The fraction of sp³-hybridized carbons (Fsp3) is 0.278. The van der Waals surface area contributed by atoms with Crippen LogP contribution in [0.4, 0.5) is 24.5 Å². The molecule has 0 aromatic heterocycles. The van der Waals surface area contributed by atoms with Crippen LogP contribution in [0.15, 0.2) is 48.5 Å². The SMILES string of the molecule is CC(C)N(CC(=O)Nc1ccccc1OC(F)F)c1ccc(F)cc1. The van der Waals surface area contributed by atoms with Crippen LogP contribution in [-0.2, 0) is 4.79 Å². The Morgan fingerprint density at radius 1 is 1.12 bits per heavy atom. The lowest BCUT2D eigenvalue weighted by Crippen LogP contribution is -2.38. The Labute approximate surface area is 144 Å². The van der Waals surface area contributed by atoms with Crippen molar-refractivity contribution in [3.8, 4) is 5.75 Å². The minimum Gasteiger partial charge on any atom is -0.433 e. The first-order chi connectivity index (χ1) is 11.9. The number of benzene rings is 2. The number of hydrogen-bond donors (Lipinski definition) is 1. The molecule has 0 unspecified atom stereocenters. The van der Waals surface area contributed by atoms with Gasteiger partial charge in [-0.05, 0) is 50.2 Å². The van der Waals surface area contributed by atoms with E-state index in [0.717, 1.165) is 0 Å². The molecule has 0 bridgehead atoms. The van der Waals surface area contributed by atoms with E-state index in [-0.39, 0.29) is 29.8 Å². The molecule has 2 aromatic carbocycles. The highest BCUT2D eigenvalue weighted by molar-refractivity contribution is 5.95. The third kappa shape index (κ3) is 5.41. The number of carbonyl (C=O) groups excluding carboxylic acids is 1. The number of carbonyl (C=O) groups is 1. The summed E-state index contributed by atoms with van der Waals surface area (Å²) in [5.74, 6) is -0.873. The van der Waals surface area contributed by atoms with Crippen LogP contribution in [0.1, 0.15) is 13.8 Å². The average molecular weight is 352 g/mol. The Bertz CT molecular complexity index is 706. The summed E-state index contributed by atoms with van der Waals surface area (Å²) in [6, 6.07) is 11.7. The van der Waals surface area contributed by atoms with Gasteiger partial charge in [0.1, 0.15) is 11.6 Å². The minimum absolute atomic E-state index is 0.0215. The van der Waals surface area contributed by atoms with Gasteiger partial charge in [-0.15, -0.1) is 0 Å². The molecule has 1 amide bonds. The molecular formula is C18H19F3N2O2. The fourth-order valence-corrected chi connectivity index (χ4v) is 2.32.